The summed E-state index contributed by atoms with van der Waals surface area (Å²) in [5.74, 6) is 0. The summed E-state index contributed by atoms with van der Waals surface area (Å²) in [7, 11) is 0. The molecule has 1 unspecified atom stereocenters. The molecule has 2 heterocycles. The summed E-state index contributed by atoms with van der Waals surface area (Å²) in [6.45, 7) is 4.67. The smallest absolute Gasteiger partial charge is 0.0646 e. The number of hydrogen-bond acceptors (Lipinski definition) is 3. The van der Waals surface area contributed by atoms with Gasteiger partial charge in [0.1, 0.15) is 0 Å². The van der Waals surface area contributed by atoms with Gasteiger partial charge in [0.2, 0.25) is 0 Å². The van der Waals surface area contributed by atoms with Crippen molar-refractivity contribution in [2.75, 3.05) is 13.2 Å². The molecule has 2 nitrogen and oxygen atoms in total. The zero-order chi connectivity index (χ0) is 12.6. The molecule has 1 fully saturated rings. The summed E-state index contributed by atoms with van der Waals surface area (Å²) >= 11 is 8.20. The topological polar surface area (TPSA) is 21.3 Å². The molecule has 0 spiro atoms. The van der Waals surface area contributed by atoms with E-state index in [9.17, 15) is 0 Å². The van der Waals surface area contributed by atoms with Crippen LogP contribution >= 0.6 is 22.9 Å². The minimum absolute atomic E-state index is 0.0967. The monoisotopic (exact) mass is 281 g/mol. The highest BCUT2D eigenvalue weighted by atomic mass is 35.5. The Balaban J connectivity index is 1.80. The standard InChI is InChI=1S/C14H16ClNOS/c1-14(6-7-17-9-14)16-8-12-13(15)10-4-2-3-5-11(10)18-12/h2-5,16H,6-9H2,1H3. The molecule has 0 bridgehead atoms. The molecule has 2 aromatic rings. The normalized spacial score (nSPS) is 23.9. The Bertz CT molecular complexity index is 560. The van der Waals surface area contributed by atoms with Crippen LogP contribution in [0.2, 0.25) is 5.02 Å². The van der Waals surface area contributed by atoms with Gasteiger partial charge in [0, 0.05) is 33.7 Å². The summed E-state index contributed by atoms with van der Waals surface area (Å²) in [6, 6.07) is 8.29. The van der Waals surface area contributed by atoms with Crippen LogP contribution in [-0.2, 0) is 11.3 Å². The van der Waals surface area contributed by atoms with Crippen LogP contribution in [0.1, 0.15) is 18.2 Å². The molecule has 1 N–H and O–H groups in total. The van der Waals surface area contributed by atoms with Crippen molar-refractivity contribution in [1.29, 1.82) is 0 Å². The first-order valence-electron chi connectivity index (χ1n) is 6.17. The van der Waals surface area contributed by atoms with Crippen molar-refractivity contribution in [3.63, 3.8) is 0 Å². The van der Waals surface area contributed by atoms with Crippen molar-refractivity contribution in [2.45, 2.75) is 25.4 Å². The van der Waals surface area contributed by atoms with Gasteiger partial charge in [0.25, 0.3) is 0 Å². The number of benzene rings is 1. The van der Waals surface area contributed by atoms with E-state index in [1.54, 1.807) is 11.3 Å². The summed E-state index contributed by atoms with van der Waals surface area (Å²) < 4.78 is 6.70. The Hall–Kier alpha value is -0.610. The lowest BCUT2D eigenvalue weighted by Crippen LogP contribution is -2.42. The van der Waals surface area contributed by atoms with Gasteiger partial charge in [-0.1, -0.05) is 29.8 Å². The zero-order valence-corrected chi connectivity index (χ0v) is 11.9. The van der Waals surface area contributed by atoms with Crippen LogP contribution in [0.25, 0.3) is 10.1 Å². The first kappa shape index (κ1) is 12.4. The molecule has 18 heavy (non-hydrogen) atoms. The largest absolute Gasteiger partial charge is 0.379 e. The maximum absolute atomic E-state index is 6.43. The third-order valence-electron chi connectivity index (χ3n) is 3.50. The molecular weight excluding hydrogens is 266 g/mol. The molecule has 3 rings (SSSR count). The van der Waals surface area contributed by atoms with E-state index in [2.05, 4.69) is 30.4 Å². The van der Waals surface area contributed by atoms with E-state index in [4.69, 9.17) is 16.3 Å². The SMILES string of the molecule is CC1(NCc2sc3ccccc3c2Cl)CCOC1. The van der Waals surface area contributed by atoms with E-state index in [0.29, 0.717) is 0 Å². The maximum atomic E-state index is 6.43. The fourth-order valence-electron chi connectivity index (χ4n) is 2.28. The molecule has 0 saturated carbocycles. The fraction of sp³-hybridized carbons (Fsp3) is 0.429. The van der Waals surface area contributed by atoms with E-state index >= 15 is 0 Å². The molecule has 0 amide bonds. The molecule has 1 atom stereocenters. The van der Waals surface area contributed by atoms with Gasteiger partial charge in [-0.25, -0.2) is 0 Å². The second-order valence-corrected chi connectivity index (χ2v) is 6.57. The van der Waals surface area contributed by atoms with Crippen molar-refractivity contribution < 1.29 is 4.74 Å². The van der Waals surface area contributed by atoms with Crippen molar-refractivity contribution in [3.05, 3.63) is 34.2 Å². The Morgan fingerprint density at radius 1 is 1.44 bits per heavy atom. The maximum Gasteiger partial charge on any atom is 0.0646 e. The van der Waals surface area contributed by atoms with Crippen LogP contribution in [0.15, 0.2) is 24.3 Å². The molecule has 1 aromatic heterocycles. The Morgan fingerprint density at radius 3 is 3.00 bits per heavy atom. The third-order valence-corrected chi connectivity index (χ3v) is 5.21. The zero-order valence-electron chi connectivity index (χ0n) is 10.3. The number of nitrogens with one attached hydrogen (secondary N) is 1. The van der Waals surface area contributed by atoms with E-state index < -0.39 is 0 Å². The number of rotatable bonds is 3. The summed E-state index contributed by atoms with van der Waals surface area (Å²) in [4.78, 5) is 1.21. The van der Waals surface area contributed by atoms with Crippen LogP contribution in [0.5, 0.6) is 0 Å². The van der Waals surface area contributed by atoms with Crippen LogP contribution < -0.4 is 5.32 Å². The number of fused-ring (bicyclic) bond motifs is 1. The predicted molar refractivity (Wildman–Crippen MR) is 77.5 cm³/mol. The highest BCUT2D eigenvalue weighted by Gasteiger charge is 2.29. The number of hydrogen-bond donors (Lipinski definition) is 1. The second kappa shape index (κ2) is 4.82. The molecule has 1 aliphatic heterocycles. The molecule has 4 heteroatoms. The number of ether oxygens (including phenoxy) is 1. The average Bonchev–Trinajstić information content (AvgIpc) is 2.93. The van der Waals surface area contributed by atoms with Crippen LogP contribution in [0.4, 0.5) is 0 Å². The van der Waals surface area contributed by atoms with Gasteiger partial charge in [-0.05, 0) is 19.4 Å². The second-order valence-electron chi connectivity index (χ2n) is 5.05. The highest BCUT2D eigenvalue weighted by molar-refractivity contribution is 7.19. The molecule has 1 saturated heterocycles. The number of halogens is 1. The van der Waals surface area contributed by atoms with Gasteiger partial charge in [-0.3, -0.25) is 0 Å². The minimum Gasteiger partial charge on any atom is -0.379 e. The fourth-order valence-corrected chi connectivity index (χ4v) is 3.72. The Kier molecular flexibility index (Phi) is 3.32. The van der Waals surface area contributed by atoms with Gasteiger partial charge < -0.3 is 10.1 Å². The van der Waals surface area contributed by atoms with Crippen LogP contribution in [-0.4, -0.2) is 18.8 Å². The van der Waals surface area contributed by atoms with Crippen molar-refractivity contribution in [1.82, 2.24) is 5.32 Å². The lowest BCUT2D eigenvalue weighted by Gasteiger charge is -2.23. The van der Waals surface area contributed by atoms with Gasteiger partial charge in [0.05, 0.1) is 11.6 Å². The van der Waals surface area contributed by atoms with Gasteiger partial charge in [-0.2, -0.15) is 0 Å². The first-order chi connectivity index (χ1) is 8.68. The quantitative estimate of drug-likeness (QED) is 0.923. The van der Waals surface area contributed by atoms with Gasteiger partial charge >= 0.3 is 0 Å². The van der Waals surface area contributed by atoms with E-state index in [1.165, 1.54) is 9.58 Å². The van der Waals surface area contributed by atoms with Crippen molar-refractivity contribution in [3.8, 4) is 0 Å². The average molecular weight is 282 g/mol. The Labute approximate surface area is 116 Å². The minimum atomic E-state index is 0.0967. The molecule has 0 radical (unpaired) electrons. The lowest BCUT2D eigenvalue weighted by molar-refractivity contribution is 0.171. The summed E-state index contributed by atoms with van der Waals surface area (Å²) in [6.07, 6.45) is 1.06. The van der Waals surface area contributed by atoms with Gasteiger partial charge in [0.15, 0.2) is 0 Å². The van der Waals surface area contributed by atoms with Crippen molar-refractivity contribution in [2.24, 2.45) is 0 Å². The van der Waals surface area contributed by atoms with E-state index in [-0.39, 0.29) is 5.54 Å². The highest BCUT2D eigenvalue weighted by Crippen LogP contribution is 2.35. The van der Waals surface area contributed by atoms with Gasteiger partial charge in [-0.15, -0.1) is 11.3 Å². The number of thiophene rings is 1. The van der Waals surface area contributed by atoms with E-state index in [0.717, 1.165) is 36.6 Å². The molecule has 96 valence electrons. The van der Waals surface area contributed by atoms with Crippen LogP contribution in [0, 0.1) is 0 Å². The predicted octanol–water partition coefficient (Wildman–Crippen LogP) is 3.82. The lowest BCUT2D eigenvalue weighted by atomic mass is 10.0. The van der Waals surface area contributed by atoms with Crippen molar-refractivity contribution >= 4 is 33.0 Å². The Morgan fingerprint density at radius 2 is 2.28 bits per heavy atom. The molecule has 0 aliphatic carbocycles. The third kappa shape index (κ3) is 2.28. The molecule has 1 aliphatic rings. The molecule has 1 aromatic carbocycles. The van der Waals surface area contributed by atoms with E-state index in [1.807, 2.05) is 6.07 Å². The summed E-state index contributed by atoms with van der Waals surface area (Å²) in [5, 5.41) is 5.63. The van der Waals surface area contributed by atoms with Crippen LogP contribution in [0.3, 0.4) is 0 Å². The summed E-state index contributed by atoms with van der Waals surface area (Å²) in [5.41, 5.74) is 0.0967. The first-order valence-corrected chi connectivity index (χ1v) is 7.36. The molecular formula is C14H16ClNOS.